The van der Waals surface area contributed by atoms with Crippen molar-refractivity contribution in [1.82, 2.24) is 9.78 Å². The van der Waals surface area contributed by atoms with E-state index < -0.39 is 0 Å². The summed E-state index contributed by atoms with van der Waals surface area (Å²) in [4.78, 5) is 0.657. The highest BCUT2D eigenvalue weighted by Crippen LogP contribution is 2.34. The maximum atomic E-state index is 4.43. The molecule has 2 rings (SSSR count). The maximum absolute atomic E-state index is 4.43. The van der Waals surface area contributed by atoms with Crippen LogP contribution in [0.5, 0.6) is 0 Å². The number of nitrogens with zero attached hydrogens (tertiary/aromatic N) is 2. The molecule has 0 saturated carbocycles. The van der Waals surface area contributed by atoms with E-state index >= 15 is 0 Å². The van der Waals surface area contributed by atoms with Crippen molar-refractivity contribution in [2.24, 2.45) is 13.0 Å². The van der Waals surface area contributed by atoms with Crippen LogP contribution in [0, 0.1) is 12.8 Å². The molecule has 0 bridgehead atoms. The summed E-state index contributed by atoms with van der Waals surface area (Å²) < 4.78 is 3.18. The molecule has 1 aromatic heterocycles. The van der Waals surface area contributed by atoms with E-state index in [1.807, 2.05) is 30.4 Å². The smallest absolute Gasteiger partial charge is 0.0738 e. The number of halogens is 2. The lowest BCUT2D eigenvalue weighted by molar-refractivity contribution is 0.574. The second-order valence-corrected chi connectivity index (χ2v) is 7.03. The molecular formula is C10H14Br2N2S. The van der Waals surface area contributed by atoms with E-state index in [9.17, 15) is 0 Å². The molecule has 0 radical (unpaired) electrons. The number of thioether (sulfide) groups is 1. The van der Waals surface area contributed by atoms with Crippen molar-refractivity contribution in [3.63, 3.8) is 0 Å². The van der Waals surface area contributed by atoms with Crippen LogP contribution in [0.25, 0.3) is 0 Å². The Bertz CT molecular complexity index is 365. The summed E-state index contributed by atoms with van der Waals surface area (Å²) in [6.45, 7) is 2.04. The molecule has 84 valence electrons. The lowest BCUT2D eigenvalue weighted by atomic mass is 10.0. The van der Waals surface area contributed by atoms with E-state index in [0.29, 0.717) is 4.83 Å². The third-order valence-corrected chi connectivity index (χ3v) is 6.63. The van der Waals surface area contributed by atoms with E-state index in [1.54, 1.807) is 0 Å². The molecule has 2 unspecified atom stereocenters. The van der Waals surface area contributed by atoms with Gasteiger partial charge in [-0.2, -0.15) is 16.9 Å². The lowest BCUT2D eigenvalue weighted by Crippen LogP contribution is -2.16. The molecule has 5 heteroatoms. The Balaban J connectivity index is 2.16. The number of aromatic nitrogens is 2. The molecule has 1 fully saturated rings. The van der Waals surface area contributed by atoms with Gasteiger partial charge < -0.3 is 0 Å². The Morgan fingerprint density at radius 1 is 1.53 bits per heavy atom. The van der Waals surface area contributed by atoms with Crippen LogP contribution in [-0.4, -0.2) is 26.1 Å². The van der Waals surface area contributed by atoms with Gasteiger partial charge in [0.2, 0.25) is 0 Å². The highest BCUT2D eigenvalue weighted by Gasteiger charge is 2.27. The second-order valence-electron chi connectivity index (χ2n) is 3.99. The van der Waals surface area contributed by atoms with Crippen molar-refractivity contribution < 1.29 is 0 Å². The molecule has 0 aromatic carbocycles. The number of hydrogen-bond acceptors (Lipinski definition) is 2. The first kappa shape index (κ1) is 12.0. The van der Waals surface area contributed by atoms with E-state index in [-0.39, 0.29) is 0 Å². The summed E-state index contributed by atoms with van der Waals surface area (Å²) in [6, 6.07) is 0. The van der Waals surface area contributed by atoms with Crippen molar-refractivity contribution in [2.45, 2.75) is 18.2 Å². The fraction of sp³-hybridized carbons (Fsp3) is 0.700. The quantitative estimate of drug-likeness (QED) is 0.760. The summed E-state index contributed by atoms with van der Waals surface area (Å²) >= 11 is 9.41. The highest BCUT2D eigenvalue weighted by atomic mass is 79.9. The largest absolute Gasteiger partial charge is 0.271 e. The minimum Gasteiger partial charge on any atom is -0.271 e. The summed E-state index contributed by atoms with van der Waals surface area (Å²) in [5.41, 5.74) is 2.41. The SMILES string of the molecule is Cc1nn(C)c(CC2CSCC2Br)c1Br. The first-order valence-electron chi connectivity index (χ1n) is 4.99. The minimum absolute atomic E-state index is 0.657. The molecule has 1 aromatic rings. The Morgan fingerprint density at radius 3 is 2.73 bits per heavy atom. The molecule has 0 spiro atoms. The summed E-state index contributed by atoms with van der Waals surface area (Å²) in [5, 5.41) is 4.43. The lowest BCUT2D eigenvalue weighted by Gasteiger charge is -2.13. The van der Waals surface area contributed by atoms with Gasteiger partial charge in [0.1, 0.15) is 0 Å². The van der Waals surface area contributed by atoms with Gasteiger partial charge in [0.15, 0.2) is 0 Å². The predicted octanol–water partition coefficient (Wildman–Crippen LogP) is 3.16. The molecule has 0 aliphatic carbocycles. The minimum atomic E-state index is 0.657. The number of rotatable bonds is 2. The van der Waals surface area contributed by atoms with Gasteiger partial charge in [0, 0.05) is 17.6 Å². The van der Waals surface area contributed by atoms with Crippen molar-refractivity contribution in [1.29, 1.82) is 0 Å². The van der Waals surface area contributed by atoms with Gasteiger partial charge in [-0.3, -0.25) is 4.68 Å². The molecule has 2 nitrogen and oxygen atoms in total. The standard InChI is InChI=1S/C10H14Br2N2S/c1-6-10(12)9(14(2)13-6)3-7-4-15-5-8(7)11/h7-8H,3-5H2,1-2H3. The molecule has 1 aliphatic heterocycles. The van der Waals surface area contributed by atoms with Crippen LogP contribution in [0.4, 0.5) is 0 Å². The van der Waals surface area contributed by atoms with Gasteiger partial charge >= 0.3 is 0 Å². The average Bonchev–Trinajstić information content (AvgIpc) is 2.67. The van der Waals surface area contributed by atoms with Gasteiger partial charge in [0.25, 0.3) is 0 Å². The maximum Gasteiger partial charge on any atom is 0.0738 e. The van der Waals surface area contributed by atoms with E-state index in [2.05, 4.69) is 37.0 Å². The number of aryl methyl sites for hydroxylation is 2. The summed E-state index contributed by atoms with van der Waals surface area (Å²) in [6.07, 6.45) is 1.11. The van der Waals surface area contributed by atoms with Crippen LogP contribution in [-0.2, 0) is 13.5 Å². The first-order chi connectivity index (χ1) is 7.09. The van der Waals surface area contributed by atoms with Crippen LogP contribution in [0.3, 0.4) is 0 Å². The normalized spacial score (nSPS) is 26.1. The van der Waals surface area contributed by atoms with E-state index in [1.165, 1.54) is 21.7 Å². The molecule has 2 heterocycles. The summed E-state index contributed by atoms with van der Waals surface area (Å²) in [7, 11) is 2.03. The van der Waals surface area contributed by atoms with Crippen molar-refractivity contribution >= 4 is 43.6 Å². The van der Waals surface area contributed by atoms with Gasteiger partial charge in [-0.05, 0) is 40.9 Å². The van der Waals surface area contributed by atoms with Gasteiger partial charge in [-0.25, -0.2) is 0 Å². The molecule has 1 aliphatic rings. The monoisotopic (exact) mass is 352 g/mol. The fourth-order valence-electron chi connectivity index (χ4n) is 1.91. The van der Waals surface area contributed by atoms with E-state index in [4.69, 9.17) is 0 Å². The highest BCUT2D eigenvalue weighted by molar-refractivity contribution is 9.10. The number of alkyl halides is 1. The zero-order valence-electron chi connectivity index (χ0n) is 8.83. The number of hydrogen-bond donors (Lipinski definition) is 0. The Labute approximate surface area is 111 Å². The van der Waals surface area contributed by atoms with Crippen LogP contribution in [0.1, 0.15) is 11.4 Å². The molecule has 2 atom stereocenters. The topological polar surface area (TPSA) is 17.8 Å². The molecule has 0 N–H and O–H groups in total. The Hall–Kier alpha value is 0.520. The third-order valence-electron chi connectivity index (χ3n) is 2.84. The first-order valence-corrected chi connectivity index (χ1v) is 7.85. The zero-order chi connectivity index (χ0) is 11.0. The zero-order valence-corrected chi connectivity index (χ0v) is 12.8. The molecular weight excluding hydrogens is 340 g/mol. The van der Waals surface area contributed by atoms with Crippen molar-refractivity contribution in [3.05, 3.63) is 15.9 Å². The summed E-state index contributed by atoms with van der Waals surface area (Å²) in [5.74, 6) is 3.23. The molecule has 15 heavy (non-hydrogen) atoms. The van der Waals surface area contributed by atoms with Crippen LogP contribution in [0.2, 0.25) is 0 Å². The predicted molar refractivity (Wildman–Crippen MR) is 72.9 cm³/mol. The fourth-order valence-corrected chi connectivity index (χ4v) is 4.88. The second kappa shape index (κ2) is 4.80. The van der Waals surface area contributed by atoms with E-state index in [0.717, 1.165) is 18.0 Å². The van der Waals surface area contributed by atoms with Gasteiger partial charge in [-0.1, -0.05) is 15.9 Å². The average molecular weight is 354 g/mol. The Kier molecular flexibility index (Phi) is 3.83. The molecule has 1 saturated heterocycles. The third kappa shape index (κ3) is 2.44. The Morgan fingerprint density at radius 2 is 2.27 bits per heavy atom. The van der Waals surface area contributed by atoms with Crippen LogP contribution < -0.4 is 0 Å². The van der Waals surface area contributed by atoms with Crippen LogP contribution in [0.15, 0.2) is 4.47 Å². The van der Waals surface area contributed by atoms with Crippen molar-refractivity contribution in [2.75, 3.05) is 11.5 Å². The van der Waals surface area contributed by atoms with Crippen LogP contribution >= 0.6 is 43.6 Å². The molecule has 0 amide bonds. The van der Waals surface area contributed by atoms with Crippen molar-refractivity contribution in [3.8, 4) is 0 Å². The van der Waals surface area contributed by atoms with Gasteiger partial charge in [-0.15, -0.1) is 0 Å². The van der Waals surface area contributed by atoms with Gasteiger partial charge in [0.05, 0.1) is 15.9 Å².